The van der Waals surface area contributed by atoms with Gasteiger partial charge in [0, 0.05) is 16.3 Å². The molecule has 0 amide bonds. The SMILES string of the molecule is Cc1cc(C)c(C(=O)CSc2nncc3ccccc23)cc1C. The Morgan fingerprint density at radius 2 is 1.78 bits per heavy atom. The normalized spacial score (nSPS) is 10.9. The Balaban J connectivity index is 1.83. The third-order valence-electron chi connectivity index (χ3n) is 4.02. The molecule has 0 spiro atoms. The molecule has 0 unspecified atom stereocenters. The van der Waals surface area contributed by atoms with Gasteiger partial charge in [0.05, 0.1) is 11.9 Å². The Morgan fingerprint density at radius 3 is 2.61 bits per heavy atom. The van der Waals surface area contributed by atoms with Gasteiger partial charge in [-0.15, -0.1) is 5.10 Å². The van der Waals surface area contributed by atoms with Gasteiger partial charge in [-0.25, -0.2) is 0 Å². The number of fused-ring (bicyclic) bond motifs is 1. The smallest absolute Gasteiger partial charge is 0.173 e. The van der Waals surface area contributed by atoms with E-state index < -0.39 is 0 Å². The van der Waals surface area contributed by atoms with Gasteiger partial charge in [0.25, 0.3) is 0 Å². The second-order valence-corrected chi connectivity index (χ2v) is 6.66. The number of carbonyl (C=O) groups is 1. The van der Waals surface area contributed by atoms with Crippen LogP contribution in [0.5, 0.6) is 0 Å². The highest BCUT2D eigenvalue weighted by atomic mass is 32.2. The molecule has 4 heteroatoms. The predicted octanol–water partition coefficient (Wildman–Crippen LogP) is 4.53. The summed E-state index contributed by atoms with van der Waals surface area (Å²) in [5, 5.41) is 11.1. The molecule has 3 rings (SSSR count). The number of carbonyl (C=O) groups excluding carboxylic acids is 1. The zero-order chi connectivity index (χ0) is 16.4. The van der Waals surface area contributed by atoms with Gasteiger partial charge in [-0.3, -0.25) is 4.79 Å². The summed E-state index contributed by atoms with van der Waals surface area (Å²) in [7, 11) is 0. The molecule has 0 N–H and O–H groups in total. The van der Waals surface area contributed by atoms with Crippen molar-refractivity contribution in [3.05, 3.63) is 64.8 Å². The molecule has 23 heavy (non-hydrogen) atoms. The van der Waals surface area contributed by atoms with Crippen LogP contribution in [0.25, 0.3) is 10.8 Å². The van der Waals surface area contributed by atoms with Gasteiger partial charge in [-0.2, -0.15) is 5.10 Å². The second-order valence-electron chi connectivity index (χ2n) is 5.70. The predicted molar refractivity (Wildman–Crippen MR) is 95.2 cm³/mol. The van der Waals surface area contributed by atoms with Crippen LogP contribution in [0.3, 0.4) is 0 Å². The standard InChI is InChI=1S/C19H18N2OS/c1-12-8-14(3)17(9-13(12)2)18(22)11-23-19-16-7-5-4-6-15(16)10-20-21-19/h4-10H,11H2,1-3H3. The summed E-state index contributed by atoms with van der Waals surface area (Å²) < 4.78 is 0. The maximum Gasteiger partial charge on any atom is 0.173 e. The average molecular weight is 322 g/mol. The zero-order valence-electron chi connectivity index (χ0n) is 13.5. The maximum absolute atomic E-state index is 12.6. The molecule has 3 aromatic rings. The van der Waals surface area contributed by atoms with Crippen LogP contribution in [0.4, 0.5) is 0 Å². The summed E-state index contributed by atoms with van der Waals surface area (Å²) >= 11 is 1.45. The molecule has 0 radical (unpaired) electrons. The topological polar surface area (TPSA) is 42.9 Å². The molecule has 3 nitrogen and oxygen atoms in total. The van der Waals surface area contributed by atoms with Crippen molar-refractivity contribution in [2.24, 2.45) is 0 Å². The first-order chi connectivity index (χ1) is 11.1. The zero-order valence-corrected chi connectivity index (χ0v) is 14.3. The fourth-order valence-electron chi connectivity index (χ4n) is 2.58. The minimum absolute atomic E-state index is 0.130. The van der Waals surface area contributed by atoms with E-state index in [1.54, 1.807) is 6.20 Å². The van der Waals surface area contributed by atoms with Crippen molar-refractivity contribution in [3.8, 4) is 0 Å². The third kappa shape index (κ3) is 3.27. The molecule has 0 saturated heterocycles. The lowest BCUT2D eigenvalue weighted by Gasteiger charge is -2.09. The molecule has 0 aliphatic rings. The van der Waals surface area contributed by atoms with Gasteiger partial charge < -0.3 is 0 Å². The van der Waals surface area contributed by atoms with E-state index >= 15 is 0 Å². The first kappa shape index (κ1) is 15.7. The number of ketones is 1. The van der Waals surface area contributed by atoms with E-state index in [4.69, 9.17) is 0 Å². The molecule has 0 saturated carbocycles. The van der Waals surface area contributed by atoms with Crippen molar-refractivity contribution in [1.82, 2.24) is 10.2 Å². The number of aromatic nitrogens is 2. The molecule has 0 bridgehead atoms. The number of hydrogen-bond donors (Lipinski definition) is 0. The Labute approximate surface area is 140 Å². The lowest BCUT2D eigenvalue weighted by atomic mass is 9.99. The summed E-state index contributed by atoms with van der Waals surface area (Å²) in [5.41, 5.74) is 4.19. The Hall–Kier alpha value is -2.20. The number of hydrogen-bond acceptors (Lipinski definition) is 4. The number of aryl methyl sites for hydroxylation is 3. The largest absolute Gasteiger partial charge is 0.293 e. The highest BCUT2D eigenvalue weighted by Gasteiger charge is 2.13. The quantitative estimate of drug-likeness (QED) is 0.523. The van der Waals surface area contributed by atoms with Crippen LogP contribution in [-0.4, -0.2) is 21.7 Å². The summed E-state index contributed by atoms with van der Waals surface area (Å²) in [6.45, 7) is 6.09. The minimum Gasteiger partial charge on any atom is -0.293 e. The van der Waals surface area contributed by atoms with E-state index in [-0.39, 0.29) is 5.78 Å². The van der Waals surface area contributed by atoms with Crippen molar-refractivity contribution in [3.63, 3.8) is 0 Å². The molecule has 0 aliphatic heterocycles. The van der Waals surface area contributed by atoms with Gasteiger partial charge in [0.2, 0.25) is 0 Å². The monoisotopic (exact) mass is 322 g/mol. The van der Waals surface area contributed by atoms with Crippen molar-refractivity contribution in [2.75, 3.05) is 5.75 Å². The van der Waals surface area contributed by atoms with Crippen LogP contribution in [0.1, 0.15) is 27.0 Å². The third-order valence-corrected chi connectivity index (χ3v) is 5.00. The number of Topliss-reactive ketones (excluding diaryl/α,β-unsaturated/α-hetero) is 1. The fourth-order valence-corrected chi connectivity index (χ4v) is 3.45. The van der Waals surface area contributed by atoms with Gasteiger partial charge >= 0.3 is 0 Å². The number of rotatable bonds is 4. The summed E-state index contributed by atoms with van der Waals surface area (Å²) in [6, 6.07) is 12.0. The molecular formula is C19H18N2OS. The Kier molecular flexibility index (Phi) is 4.44. The van der Waals surface area contributed by atoms with Crippen LogP contribution >= 0.6 is 11.8 Å². The molecule has 1 aromatic heterocycles. The van der Waals surface area contributed by atoms with Crippen LogP contribution in [0.2, 0.25) is 0 Å². The van der Waals surface area contributed by atoms with Gasteiger partial charge in [0.15, 0.2) is 5.78 Å². The lowest BCUT2D eigenvalue weighted by molar-refractivity contribution is 0.102. The van der Waals surface area contributed by atoms with E-state index in [1.807, 2.05) is 44.2 Å². The number of benzene rings is 2. The second kappa shape index (κ2) is 6.50. The Bertz CT molecular complexity index is 884. The first-order valence-corrected chi connectivity index (χ1v) is 8.49. The highest BCUT2D eigenvalue weighted by molar-refractivity contribution is 8.00. The molecule has 2 aromatic carbocycles. The lowest BCUT2D eigenvalue weighted by Crippen LogP contribution is -2.06. The summed E-state index contributed by atoms with van der Waals surface area (Å²) in [5.74, 6) is 0.497. The van der Waals surface area contributed by atoms with Crippen molar-refractivity contribution in [2.45, 2.75) is 25.8 Å². The van der Waals surface area contributed by atoms with E-state index in [0.29, 0.717) is 5.75 Å². The highest BCUT2D eigenvalue weighted by Crippen LogP contribution is 2.26. The van der Waals surface area contributed by atoms with Gasteiger partial charge in [0.1, 0.15) is 5.03 Å². The molecule has 116 valence electrons. The molecule has 1 heterocycles. The van der Waals surface area contributed by atoms with E-state index in [0.717, 1.165) is 32.5 Å². The molecular weight excluding hydrogens is 304 g/mol. The van der Waals surface area contributed by atoms with Crippen molar-refractivity contribution < 1.29 is 4.79 Å². The van der Waals surface area contributed by atoms with Crippen LogP contribution in [0.15, 0.2) is 47.6 Å². The van der Waals surface area contributed by atoms with Crippen LogP contribution in [0, 0.1) is 20.8 Å². The van der Waals surface area contributed by atoms with Crippen LogP contribution in [-0.2, 0) is 0 Å². The average Bonchev–Trinajstić information content (AvgIpc) is 2.56. The first-order valence-electron chi connectivity index (χ1n) is 7.50. The van der Waals surface area contributed by atoms with Crippen molar-refractivity contribution in [1.29, 1.82) is 0 Å². The minimum atomic E-state index is 0.130. The van der Waals surface area contributed by atoms with Crippen LogP contribution < -0.4 is 0 Å². The summed E-state index contributed by atoms with van der Waals surface area (Å²) in [4.78, 5) is 12.6. The van der Waals surface area contributed by atoms with Gasteiger partial charge in [-0.1, -0.05) is 42.1 Å². The van der Waals surface area contributed by atoms with E-state index in [1.165, 1.54) is 17.3 Å². The van der Waals surface area contributed by atoms with E-state index in [2.05, 4.69) is 23.2 Å². The number of nitrogens with zero attached hydrogens (tertiary/aromatic N) is 2. The molecule has 0 aliphatic carbocycles. The van der Waals surface area contributed by atoms with Gasteiger partial charge in [-0.05, 0) is 43.5 Å². The fraction of sp³-hybridized carbons (Fsp3) is 0.211. The maximum atomic E-state index is 12.6. The Morgan fingerprint density at radius 1 is 1.04 bits per heavy atom. The van der Waals surface area contributed by atoms with Crippen molar-refractivity contribution >= 4 is 28.3 Å². The van der Waals surface area contributed by atoms with E-state index in [9.17, 15) is 4.79 Å². The molecule has 0 fully saturated rings. The molecule has 0 atom stereocenters. The summed E-state index contributed by atoms with van der Waals surface area (Å²) in [6.07, 6.45) is 1.74. The number of thioether (sulfide) groups is 1.